The summed E-state index contributed by atoms with van der Waals surface area (Å²) in [6.45, 7) is 0. The number of carboxylic acid groups (broad SMARTS) is 1. The van der Waals surface area contributed by atoms with Gasteiger partial charge in [-0.3, -0.25) is 0 Å². The monoisotopic (exact) mass is 274 g/mol. The molecule has 0 amide bonds. The third-order valence-corrected chi connectivity index (χ3v) is 3.39. The van der Waals surface area contributed by atoms with Gasteiger partial charge >= 0.3 is 5.97 Å². The van der Waals surface area contributed by atoms with E-state index in [2.05, 4.69) is 30.3 Å². The van der Waals surface area contributed by atoms with Crippen molar-refractivity contribution in [2.75, 3.05) is 0 Å². The lowest BCUT2D eigenvalue weighted by atomic mass is 9.99. The van der Waals surface area contributed by atoms with Crippen LogP contribution in [-0.4, -0.2) is 11.1 Å². The van der Waals surface area contributed by atoms with Gasteiger partial charge in [-0.05, 0) is 45.7 Å². The van der Waals surface area contributed by atoms with Crippen molar-refractivity contribution in [2.45, 2.75) is 0 Å². The molecule has 0 atom stereocenters. The van der Waals surface area contributed by atoms with Gasteiger partial charge in [0.15, 0.2) is 0 Å². The van der Waals surface area contributed by atoms with Gasteiger partial charge in [0.05, 0.1) is 0 Å². The molecule has 0 bridgehead atoms. The molecule has 0 saturated carbocycles. The molecule has 102 valence electrons. The molecule has 3 rings (SSSR count). The molecule has 2 heteroatoms. The first kappa shape index (κ1) is 13.1. The summed E-state index contributed by atoms with van der Waals surface area (Å²) in [4.78, 5) is 10.6. The van der Waals surface area contributed by atoms with Crippen LogP contribution in [0.15, 0.2) is 72.8 Å². The highest BCUT2D eigenvalue weighted by Gasteiger charge is 2.00. The predicted molar refractivity (Wildman–Crippen MR) is 86.1 cm³/mol. The lowest BCUT2D eigenvalue weighted by Gasteiger charge is -2.05. The molecule has 0 spiro atoms. The summed E-state index contributed by atoms with van der Waals surface area (Å²) in [6.07, 6.45) is 2.76. The van der Waals surface area contributed by atoms with Gasteiger partial charge in [0.1, 0.15) is 0 Å². The highest BCUT2D eigenvalue weighted by atomic mass is 16.4. The number of rotatable bonds is 3. The zero-order valence-electron chi connectivity index (χ0n) is 11.4. The fourth-order valence-corrected chi connectivity index (χ4v) is 2.36. The molecule has 0 fully saturated rings. The highest BCUT2D eigenvalue weighted by Crippen LogP contribution is 2.25. The van der Waals surface area contributed by atoms with E-state index in [9.17, 15) is 4.79 Å². The molecule has 3 aromatic carbocycles. The van der Waals surface area contributed by atoms with Crippen LogP contribution in [0.3, 0.4) is 0 Å². The minimum Gasteiger partial charge on any atom is -0.478 e. The summed E-state index contributed by atoms with van der Waals surface area (Å²) in [7, 11) is 0. The molecule has 0 heterocycles. The van der Waals surface area contributed by atoms with Gasteiger partial charge in [-0.1, -0.05) is 54.6 Å². The molecule has 21 heavy (non-hydrogen) atoms. The topological polar surface area (TPSA) is 37.3 Å². The Labute approximate surface area is 123 Å². The van der Waals surface area contributed by atoms with Gasteiger partial charge in [0.25, 0.3) is 0 Å². The maximum absolute atomic E-state index is 10.6. The minimum absolute atomic E-state index is 0.878. The summed E-state index contributed by atoms with van der Waals surface area (Å²) in [5.74, 6) is -0.939. The molecule has 0 aromatic heterocycles. The fraction of sp³-hybridized carbons (Fsp3) is 0. The summed E-state index contributed by atoms with van der Waals surface area (Å²) in [6, 6.07) is 22.4. The van der Waals surface area contributed by atoms with Gasteiger partial charge in [0, 0.05) is 6.08 Å². The number of hydrogen-bond donors (Lipinski definition) is 1. The van der Waals surface area contributed by atoms with E-state index in [4.69, 9.17) is 5.11 Å². The second-order valence-corrected chi connectivity index (χ2v) is 4.86. The Hall–Kier alpha value is -2.87. The predicted octanol–water partition coefficient (Wildman–Crippen LogP) is 4.60. The van der Waals surface area contributed by atoms with Gasteiger partial charge in [-0.15, -0.1) is 0 Å². The van der Waals surface area contributed by atoms with Crippen LogP contribution in [0.25, 0.3) is 28.0 Å². The van der Waals surface area contributed by atoms with E-state index in [-0.39, 0.29) is 0 Å². The Kier molecular flexibility index (Phi) is 3.52. The number of fused-ring (bicyclic) bond motifs is 1. The van der Waals surface area contributed by atoms with Crippen LogP contribution in [-0.2, 0) is 4.79 Å². The molecule has 0 saturated heterocycles. The standard InChI is InChI=1S/C19H14O2/c20-19(21)11-8-14-4-3-7-16(12-14)18-10-9-15-5-1-2-6-17(15)13-18/h1-13H,(H,20,21)/b11-8+. The molecule has 2 nitrogen and oxygen atoms in total. The van der Waals surface area contributed by atoms with Crippen LogP contribution >= 0.6 is 0 Å². The second kappa shape index (κ2) is 5.63. The Morgan fingerprint density at radius 3 is 2.38 bits per heavy atom. The molecular formula is C19H14O2. The van der Waals surface area contributed by atoms with Crippen LogP contribution in [0.4, 0.5) is 0 Å². The van der Waals surface area contributed by atoms with Crippen molar-refractivity contribution in [1.82, 2.24) is 0 Å². The summed E-state index contributed by atoms with van der Waals surface area (Å²) in [5.41, 5.74) is 3.08. The first-order chi connectivity index (χ1) is 10.2. The van der Waals surface area contributed by atoms with Crippen molar-refractivity contribution in [3.8, 4) is 11.1 Å². The maximum Gasteiger partial charge on any atom is 0.328 e. The van der Waals surface area contributed by atoms with Crippen molar-refractivity contribution in [3.05, 3.63) is 78.4 Å². The molecular weight excluding hydrogens is 260 g/mol. The molecule has 1 N–H and O–H groups in total. The Balaban J connectivity index is 2.02. The minimum atomic E-state index is -0.939. The molecule has 0 aliphatic heterocycles. The van der Waals surface area contributed by atoms with Gasteiger partial charge < -0.3 is 5.11 Å². The normalized spacial score (nSPS) is 11.0. The summed E-state index contributed by atoms with van der Waals surface area (Å²) < 4.78 is 0. The van der Waals surface area contributed by atoms with Gasteiger partial charge in [-0.25, -0.2) is 4.79 Å². The van der Waals surface area contributed by atoms with Crippen molar-refractivity contribution >= 4 is 22.8 Å². The molecule has 3 aromatic rings. The average Bonchev–Trinajstić information content (AvgIpc) is 2.53. The third kappa shape index (κ3) is 3.00. The smallest absolute Gasteiger partial charge is 0.328 e. The van der Waals surface area contributed by atoms with E-state index in [1.54, 1.807) is 6.08 Å². The number of hydrogen-bond acceptors (Lipinski definition) is 1. The molecule has 0 aliphatic rings. The zero-order valence-corrected chi connectivity index (χ0v) is 11.4. The van der Waals surface area contributed by atoms with E-state index in [0.29, 0.717) is 0 Å². The second-order valence-electron chi connectivity index (χ2n) is 4.86. The van der Waals surface area contributed by atoms with Gasteiger partial charge in [-0.2, -0.15) is 0 Å². The number of carboxylic acids is 1. The van der Waals surface area contributed by atoms with Crippen molar-refractivity contribution in [1.29, 1.82) is 0 Å². The number of benzene rings is 3. The van der Waals surface area contributed by atoms with E-state index in [1.807, 2.05) is 36.4 Å². The number of carbonyl (C=O) groups is 1. The lowest BCUT2D eigenvalue weighted by Crippen LogP contribution is -1.86. The van der Waals surface area contributed by atoms with Crippen LogP contribution in [0, 0.1) is 0 Å². The highest BCUT2D eigenvalue weighted by molar-refractivity contribution is 5.88. The first-order valence-electron chi connectivity index (χ1n) is 6.73. The summed E-state index contributed by atoms with van der Waals surface area (Å²) in [5, 5.41) is 11.1. The zero-order chi connectivity index (χ0) is 14.7. The molecule has 0 radical (unpaired) electrons. The van der Waals surface area contributed by atoms with Gasteiger partial charge in [0.2, 0.25) is 0 Å². The Morgan fingerprint density at radius 1 is 0.810 bits per heavy atom. The van der Waals surface area contributed by atoms with Crippen LogP contribution in [0.2, 0.25) is 0 Å². The van der Waals surface area contributed by atoms with Crippen molar-refractivity contribution in [3.63, 3.8) is 0 Å². The van der Waals surface area contributed by atoms with Crippen LogP contribution < -0.4 is 0 Å². The Morgan fingerprint density at radius 2 is 1.57 bits per heavy atom. The Bertz CT molecular complexity index is 832. The lowest BCUT2D eigenvalue weighted by molar-refractivity contribution is -0.131. The third-order valence-electron chi connectivity index (χ3n) is 3.39. The van der Waals surface area contributed by atoms with Crippen LogP contribution in [0.5, 0.6) is 0 Å². The SMILES string of the molecule is O=C(O)/C=C/c1cccc(-c2ccc3ccccc3c2)c1. The maximum atomic E-state index is 10.6. The first-order valence-corrected chi connectivity index (χ1v) is 6.73. The quantitative estimate of drug-likeness (QED) is 0.708. The molecule has 0 unspecified atom stereocenters. The molecule has 0 aliphatic carbocycles. The van der Waals surface area contributed by atoms with E-state index < -0.39 is 5.97 Å². The van der Waals surface area contributed by atoms with Crippen LogP contribution in [0.1, 0.15) is 5.56 Å². The largest absolute Gasteiger partial charge is 0.478 e. The van der Waals surface area contributed by atoms with E-state index in [0.717, 1.165) is 22.8 Å². The number of aliphatic carboxylic acids is 1. The average molecular weight is 274 g/mol. The summed E-state index contributed by atoms with van der Waals surface area (Å²) >= 11 is 0. The van der Waals surface area contributed by atoms with Crippen molar-refractivity contribution in [2.24, 2.45) is 0 Å². The van der Waals surface area contributed by atoms with E-state index in [1.165, 1.54) is 10.8 Å². The van der Waals surface area contributed by atoms with E-state index >= 15 is 0 Å². The van der Waals surface area contributed by atoms with Crippen molar-refractivity contribution < 1.29 is 9.90 Å². The fourth-order valence-electron chi connectivity index (χ4n) is 2.36.